The van der Waals surface area contributed by atoms with Gasteiger partial charge in [0, 0.05) is 22.6 Å². The van der Waals surface area contributed by atoms with Crippen LogP contribution >= 0.6 is 23.2 Å². The fourth-order valence-electron chi connectivity index (χ4n) is 3.93. The first-order chi connectivity index (χ1) is 15.0. The number of hydrogen-bond acceptors (Lipinski definition) is 4. The quantitative estimate of drug-likeness (QED) is 0.424. The fourth-order valence-corrected chi connectivity index (χ4v) is 4.39. The van der Waals surface area contributed by atoms with Crippen molar-refractivity contribution in [1.82, 2.24) is 4.90 Å². The number of carbonyl (C=O) groups excluding carboxylic acids is 1. The van der Waals surface area contributed by atoms with Gasteiger partial charge in [-0.15, -0.1) is 0 Å². The highest BCUT2D eigenvalue weighted by Crippen LogP contribution is 2.43. The van der Waals surface area contributed by atoms with E-state index < -0.39 is 0 Å². The van der Waals surface area contributed by atoms with Gasteiger partial charge in [-0.25, -0.2) is 0 Å². The maximum atomic E-state index is 13.0. The van der Waals surface area contributed by atoms with Crippen molar-refractivity contribution in [3.05, 3.63) is 98.7 Å². The van der Waals surface area contributed by atoms with Gasteiger partial charge in [-0.3, -0.25) is 9.69 Å². The van der Waals surface area contributed by atoms with E-state index in [1.54, 1.807) is 30.3 Å². The molecule has 3 aromatic carbocycles. The lowest BCUT2D eigenvalue weighted by Crippen LogP contribution is -2.34. The smallest absolute Gasteiger partial charge is 0.231 e. The van der Waals surface area contributed by atoms with Crippen molar-refractivity contribution in [3.63, 3.8) is 0 Å². The summed E-state index contributed by atoms with van der Waals surface area (Å²) in [5.41, 5.74) is 3.29. The van der Waals surface area contributed by atoms with E-state index in [0.717, 1.165) is 11.3 Å². The van der Waals surface area contributed by atoms with Gasteiger partial charge < -0.3 is 9.47 Å². The van der Waals surface area contributed by atoms with Crippen molar-refractivity contribution < 1.29 is 14.3 Å². The molecule has 0 N–H and O–H groups in total. The Morgan fingerprint density at radius 1 is 1.06 bits per heavy atom. The van der Waals surface area contributed by atoms with E-state index in [9.17, 15) is 4.79 Å². The van der Waals surface area contributed by atoms with Gasteiger partial charge in [-0.1, -0.05) is 59.6 Å². The summed E-state index contributed by atoms with van der Waals surface area (Å²) in [6.45, 7) is 3.24. The molecule has 0 saturated carbocycles. The second kappa shape index (κ2) is 8.04. The lowest BCUT2D eigenvalue weighted by molar-refractivity contribution is 0.0606. The monoisotopic (exact) mass is 451 g/mol. The van der Waals surface area contributed by atoms with Gasteiger partial charge in [0.15, 0.2) is 5.76 Å². The van der Waals surface area contributed by atoms with Crippen LogP contribution in [0, 0.1) is 0 Å². The molecule has 0 spiro atoms. The number of allylic oxidation sites excluding steroid dienone is 1. The number of ketones is 1. The molecule has 6 heteroatoms. The maximum Gasteiger partial charge on any atom is 0.231 e. The van der Waals surface area contributed by atoms with E-state index in [0.29, 0.717) is 40.2 Å². The second-order valence-electron chi connectivity index (χ2n) is 7.63. The predicted octanol–water partition coefficient (Wildman–Crippen LogP) is 6.52. The van der Waals surface area contributed by atoms with Crippen LogP contribution in [0.3, 0.4) is 0 Å². The molecule has 4 nitrogen and oxygen atoms in total. The van der Waals surface area contributed by atoms with Gasteiger partial charge >= 0.3 is 0 Å². The molecule has 31 heavy (non-hydrogen) atoms. The third kappa shape index (κ3) is 3.72. The molecule has 0 bridgehead atoms. The highest BCUT2D eigenvalue weighted by Gasteiger charge is 2.34. The zero-order valence-electron chi connectivity index (χ0n) is 16.8. The van der Waals surface area contributed by atoms with E-state index in [1.807, 2.05) is 24.3 Å². The third-order valence-corrected chi connectivity index (χ3v) is 6.29. The molecule has 0 amide bonds. The summed E-state index contributed by atoms with van der Waals surface area (Å²) in [6.07, 6.45) is 1.65. The van der Waals surface area contributed by atoms with Crippen LogP contribution in [0.1, 0.15) is 40.0 Å². The summed E-state index contributed by atoms with van der Waals surface area (Å²) >= 11 is 12.2. The molecule has 2 heterocycles. The lowest BCUT2D eigenvalue weighted by Gasteiger charge is -2.34. The molecule has 0 fully saturated rings. The van der Waals surface area contributed by atoms with Crippen LogP contribution in [-0.4, -0.2) is 17.4 Å². The summed E-state index contributed by atoms with van der Waals surface area (Å²) < 4.78 is 12.1. The number of rotatable bonds is 3. The number of hydrogen-bond donors (Lipinski definition) is 0. The fraction of sp³-hybridized carbons (Fsp3) is 0.160. The Labute approximate surface area is 190 Å². The molecule has 5 rings (SSSR count). The van der Waals surface area contributed by atoms with E-state index in [4.69, 9.17) is 32.7 Å². The molecular weight excluding hydrogens is 433 g/mol. The van der Waals surface area contributed by atoms with Crippen molar-refractivity contribution in [2.75, 3.05) is 6.73 Å². The Hall–Kier alpha value is -2.79. The molecule has 2 aliphatic rings. The largest absolute Gasteiger partial charge is 0.478 e. The van der Waals surface area contributed by atoms with Crippen LogP contribution < -0.4 is 9.47 Å². The Morgan fingerprint density at radius 3 is 2.65 bits per heavy atom. The SMILES string of the molecule is CC(c1ccccc1)N1COc2ccc3c(c2C1)O/C(=C\c1ccc(Cl)cc1Cl)C3=O. The minimum absolute atomic E-state index is 0.158. The minimum atomic E-state index is -0.169. The third-order valence-electron chi connectivity index (χ3n) is 5.72. The predicted molar refractivity (Wildman–Crippen MR) is 122 cm³/mol. The van der Waals surface area contributed by atoms with Crippen molar-refractivity contribution in [2.45, 2.75) is 19.5 Å². The molecule has 156 valence electrons. The molecule has 1 atom stereocenters. The average molecular weight is 452 g/mol. The van der Waals surface area contributed by atoms with E-state index >= 15 is 0 Å². The molecule has 0 saturated heterocycles. The number of ether oxygens (including phenoxy) is 2. The summed E-state index contributed by atoms with van der Waals surface area (Å²) in [6, 6.07) is 19.2. The van der Waals surface area contributed by atoms with Gasteiger partial charge in [0.25, 0.3) is 0 Å². The normalized spacial score (nSPS) is 17.6. The topological polar surface area (TPSA) is 38.8 Å². The van der Waals surface area contributed by atoms with Crippen LogP contribution in [0.15, 0.2) is 66.4 Å². The van der Waals surface area contributed by atoms with Gasteiger partial charge in [0.2, 0.25) is 5.78 Å². The highest BCUT2D eigenvalue weighted by atomic mass is 35.5. The number of benzene rings is 3. The summed E-state index contributed by atoms with van der Waals surface area (Å²) in [7, 11) is 0. The second-order valence-corrected chi connectivity index (χ2v) is 8.48. The Balaban J connectivity index is 1.46. The Bertz CT molecular complexity index is 1210. The summed E-state index contributed by atoms with van der Waals surface area (Å²) in [5, 5.41) is 0.994. The van der Waals surface area contributed by atoms with Crippen LogP contribution in [0.5, 0.6) is 11.5 Å². The zero-order valence-corrected chi connectivity index (χ0v) is 18.3. The van der Waals surface area contributed by atoms with Gasteiger partial charge in [0.05, 0.1) is 11.1 Å². The minimum Gasteiger partial charge on any atom is -0.478 e. The van der Waals surface area contributed by atoms with Crippen molar-refractivity contribution >= 4 is 35.1 Å². The first-order valence-corrected chi connectivity index (χ1v) is 10.7. The van der Waals surface area contributed by atoms with Crippen LogP contribution in [0.2, 0.25) is 10.0 Å². The van der Waals surface area contributed by atoms with Crippen molar-refractivity contribution in [1.29, 1.82) is 0 Å². The first kappa shape index (κ1) is 20.1. The molecule has 3 aromatic rings. The number of nitrogens with zero attached hydrogens (tertiary/aromatic N) is 1. The van der Waals surface area contributed by atoms with Crippen LogP contribution in [-0.2, 0) is 6.54 Å². The van der Waals surface area contributed by atoms with Crippen molar-refractivity contribution in [2.24, 2.45) is 0 Å². The van der Waals surface area contributed by atoms with Crippen LogP contribution in [0.4, 0.5) is 0 Å². The summed E-state index contributed by atoms with van der Waals surface area (Å²) in [4.78, 5) is 15.2. The number of carbonyl (C=O) groups is 1. The van der Waals surface area contributed by atoms with E-state index in [2.05, 4.69) is 24.0 Å². The van der Waals surface area contributed by atoms with Crippen molar-refractivity contribution in [3.8, 4) is 11.5 Å². The average Bonchev–Trinajstić information content (AvgIpc) is 3.11. The molecule has 0 aromatic heterocycles. The first-order valence-electron chi connectivity index (χ1n) is 9.98. The molecule has 0 radical (unpaired) electrons. The standard InChI is InChI=1S/C25H19Cl2NO3/c1-15(16-5-3-2-4-6-16)28-13-20-22(30-14-28)10-9-19-24(29)23(31-25(19)20)11-17-7-8-18(26)12-21(17)27/h2-12,15H,13-14H2,1H3/b23-11-. The van der Waals surface area contributed by atoms with Gasteiger partial charge in [-0.05, 0) is 48.4 Å². The maximum absolute atomic E-state index is 13.0. The highest BCUT2D eigenvalue weighted by molar-refractivity contribution is 6.35. The van der Waals surface area contributed by atoms with Gasteiger partial charge in [-0.2, -0.15) is 0 Å². The van der Waals surface area contributed by atoms with Gasteiger partial charge in [0.1, 0.15) is 18.2 Å². The lowest BCUT2D eigenvalue weighted by atomic mass is 10.0. The molecular formula is C25H19Cl2NO3. The Morgan fingerprint density at radius 2 is 1.87 bits per heavy atom. The Kier molecular flexibility index (Phi) is 5.22. The molecule has 1 unspecified atom stereocenters. The van der Waals surface area contributed by atoms with Crippen LogP contribution in [0.25, 0.3) is 6.08 Å². The van der Waals surface area contributed by atoms with E-state index in [-0.39, 0.29) is 17.6 Å². The number of halogens is 2. The number of Topliss-reactive ketones (excluding diaryl/α,β-unsaturated/α-hetero) is 1. The molecule has 2 aliphatic heterocycles. The molecule has 0 aliphatic carbocycles. The number of fused-ring (bicyclic) bond motifs is 3. The zero-order chi connectivity index (χ0) is 21.5. The summed E-state index contributed by atoms with van der Waals surface area (Å²) in [5.74, 6) is 1.37. The van der Waals surface area contributed by atoms with E-state index in [1.165, 1.54) is 5.56 Å².